The molecule has 4 nitrogen and oxygen atoms in total. The number of methoxy groups -OCH3 is 1. The van der Waals surface area contributed by atoms with Gasteiger partial charge in [0.2, 0.25) is 0 Å². The quantitative estimate of drug-likeness (QED) is 0.611. The van der Waals surface area contributed by atoms with Crippen LogP contribution in [0.2, 0.25) is 0 Å². The molecule has 16 heavy (non-hydrogen) atoms. The Morgan fingerprint density at radius 3 is 3.06 bits per heavy atom. The van der Waals surface area contributed by atoms with E-state index in [2.05, 4.69) is 17.5 Å². The van der Waals surface area contributed by atoms with Crippen molar-refractivity contribution in [1.82, 2.24) is 5.43 Å². The Bertz CT molecular complexity index is 375. The fraction of sp³-hybridized carbons (Fsp3) is 0.333. The van der Waals surface area contributed by atoms with E-state index in [9.17, 15) is 4.79 Å². The monoisotopic (exact) mass is 220 g/mol. The molecule has 1 amide bonds. The third-order valence-electron chi connectivity index (χ3n) is 2.01. The minimum absolute atomic E-state index is 0.230. The van der Waals surface area contributed by atoms with E-state index >= 15 is 0 Å². The molecular weight excluding hydrogens is 204 g/mol. The van der Waals surface area contributed by atoms with Crippen molar-refractivity contribution in [1.29, 1.82) is 0 Å². The van der Waals surface area contributed by atoms with Crippen molar-refractivity contribution in [2.75, 3.05) is 7.11 Å². The molecule has 0 atom stereocenters. The first kappa shape index (κ1) is 12.2. The predicted molar refractivity (Wildman–Crippen MR) is 63.9 cm³/mol. The average molecular weight is 220 g/mol. The summed E-state index contributed by atoms with van der Waals surface area (Å²) in [6.45, 7) is 2.05. The number of benzene rings is 1. The van der Waals surface area contributed by atoms with Gasteiger partial charge in [0.25, 0.3) is 5.91 Å². The third-order valence-corrected chi connectivity index (χ3v) is 2.01. The van der Waals surface area contributed by atoms with Crippen molar-refractivity contribution < 1.29 is 9.53 Å². The number of amides is 1. The van der Waals surface area contributed by atoms with E-state index in [0.29, 0.717) is 11.3 Å². The van der Waals surface area contributed by atoms with Crippen molar-refractivity contribution in [2.45, 2.75) is 19.8 Å². The van der Waals surface area contributed by atoms with E-state index in [1.165, 1.54) is 0 Å². The molecular formula is C12H16N2O2. The first-order valence-corrected chi connectivity index (χ1v) is 5.24. The second-order valence-corrected chi connectivity index (χ2v) is 3.27. The van der Waals surface area contributed by atoms with Gasteiger partial charge in [0.1, 0.15) is 5.75 Å². The van der Waals surface area contributed by atoms with Crippen molar-refractivity contribution in [3.8, 4) is 5.75 Å². The molecule has 0 unspecified atom stereocenters. The zero-order valence-electron chi connectivity index (χ0n) is 9.56. The van der Waals surface area contributed by atoms with Crippen LogP contribution in [-0.4, -0.2) is 19.2 Å². The van der Waals surface area contributed by atoms with Gasteiger partial charge in [0, 0.05) is 11.8 Å². The molecule has 0 saturated heterocycles. The van der Waals surface area contributed by atoms with Crippen LogP contribution in [0.25, 0.3) is 0 Å². The van der Waals surface area contributed by atoms with Gasteiger partial charge in [-0.3, -0.25) is 4.79 Å². The highest BCUT2D eigenvalue weighted by atomic mass is 16.5. The van der Waals surface area contributed by atoms with Crippen molar-refractivity contribution in [2.24, 2.45) is 5.10 Å². The second kappa shape index (κ2) is 6.61. The van der Waals surface area contributed by atoms with Crippen LogP contribution in [0.3, 0.4) is 0 Å². The summed E-state index contributed by atoms with van der Waals surface area (Å²) in [5.41, 5.74) is 3.00. The maximum atomic E-state index is 11.6. The number of hydrazone groups is 1. The van der Waals surface area contributed by atoms with E-state index in [1.54, 1.807) is 37.6 Å². The van der Waals surface area contributed by atoms with Crippen LogP contribution in [0.15, 0.2) is 29.4 Å². The van der Waals surface area contributed by atoms with E-state index in [0.717, 1.165) is 12.8 Å². The number of hydrogen-bond acceptors (Lipinski definition) is 3. The summed E-state index contributed by atoms with van der Waals surface area (Å²) >= 11 is 0. The predicted octanol–water partition coefficient (Wildman–Crippen LogP) is 2.21. The smallest absolute Gasteiger partial charge is 0.271 e. The van der Waals surface area contributed by atoms with Crippen LogP contribution >= 0.6 is 0 Å². The number of carbonyl (C=O) groups is 1. The molecule has 0 aromatic heterocycles. The fourth-order valence-corrected chi connectivity index (χ4v) is 1.13. The van der Waals surface area contributed by atoms with Gasteiger partial charge in [0.15, 0.2) is 0 Å². The highest BCUT2D eigenvalue weighted by Crippen LogP contribution is 2.12. The molecule has 0 bridgehead atoms. The first-order valence-electron chi connectivity index (χ1n) is 5.24. The SMILES string of the molecule is CCC/C=N\NC(=O)c1cccc(OC)c1. The van der Waals surface area contributed by atoms with Gasteiger partial charge in [0.05, 0.1) is 7.11 Å². The minimum Gasteiger partial charge on any atom is -0.497 e. The second-order valence-electron chi connectivity index (χ2n) is 3.27. The Kier molecular flexibility index (Phi) is 5.05. The topological polar surface area (TPSA) is 50.7 Å². The van der Waals surface area contributed by atoms with E-state index in [1.807, 2.05) is 0 Å². The first-order chi connectivity index (χ1) is 7.77. The summed E-state index contributed by atoms with van der Waals surface area (Å²) in [6.07, 6.45) is 3.56. The Labute approximate surface area is 95.3 Å². The number of ether oxygens (including phenoxy) is 1. The maximum absolute atomic E-state index is 11.6. The Morgan fingerprint density at radius 2 is 2.38 bits per heavy atom. The number of nitrogens with one attached hydrogen (secondary N) is 1. The van der Waals surface area contributed by atoms with Crippen LogP contribution in [0.4, 0.5) is 0 Å². The lowest BCUT2D eigenvalue weighted by Crippen LogP contribution is -2.17. The molecule has 0 aliphatic heterocycles. The molecule has 0 heterocycles. The summed E-state index contributed by atoms with van der Waals surface area (Å²) in [6, 6.07) is 6.94. The van der Waals surface area contributed by atoms with E-state index < -0.39 is 0 Å². The van der Waals surface area contributed by atoms with Crippen LogP contribution in [0.1, 0.15) is 30.1 Å². The van der Waals surface area contributed by atoms with Gasteiger partial charge in [-0.15, -0.1) is 0 Å². The minimum atomic E-state index is -0.230. The third kappa shape index (κ3) is 3.73. The standard InChI is InChI=1S/C12H16N2O2/c1-3-4-8-13-14-12(15)10-6-5-7-11(9-10)16-2/h5-9H,3-4H2,1-2H3,(H,14,15)/b13-8-. The van der Waals surface area contributed by atoms with E-state index in [4.69, 9.17) is 4.74 Å². The van der Waals surface area contributed by atoms with Crippen LogP contribution in [-0.2, 0) is 0 Å². The number of carbonyl (C=O) groups excluding carboxylic acids is 1. The molecule has 0 spiro atoms. The van der Waals surface area contributed by atoms with Gasteiger partial charge < -0.3 is 4.74 Å². The van der Waals surface area contributed by atoms with Gasteiger partial charge in [-0.2, -0.15) is 5.10 Å². The normalized spacial score (nSPS) is 10.4. The molecule has 4 heteroatoms. The maximum Gasteiger partial charge on any atom is 0.271 e. The van der Waals surface area contributed by atoms with Gasteiger partial charge in [-0.05, 0) is 24.6 Å². The summed E-state index contributed by atoms with van der Waals surface area (Å²) in [5.74, 6) is 0.427. The summed E-state index contributed by atoms with van der Waals surface area (Å²) < 4.78 is 5.03. The number of nitrogens with zero attached hydrogens (tertiary/aromatic N) is 1. The fourth-order valence-electron chi connectivity index (χ4n) is 1.13. The Hall–Kier alpha value is -1.84. The lowest BCUT2D eigenvalue weighted by atomic mass is 10.2. The Morgan fingerprint density at radius 1 is 1.56 bits per heavy atom. The highest BCUT2D eigenvalue weighted by molar-refractivity contribution is 5.94. The van der Waals surface area contributed by atoms with Crippen LogP contribution in [0, 0.1) is 0 Å². The molecule has 1 aromatic rings. The van der Waals surface area contributed by atoms with Crippen LogP contribution < -0.4 is 10.2 Å². The lowest BCUT2D eigenvalue weighted by molar-refractivity contribution is 0.0954. The van der Waals surface area contributed by atoms with Gasteiger partial charge >= 0.3 is 0 Å². The zero-order chi connectivity index (χ0) is 11.8. The average Bonchev–Trinajstić information content (AvgIpc) is 2.34. The molecule has 1 aromatic carbocycles. The molecule has 0 radical (unpaired) electrons. The molecule has 1 rings (SSSR count). The summed E-state index contributed by atoms with van der Waals surface area (Å²) in [5, 5.41) is 3.83. The summed E-state index contributed by atoms with van der Waals surface area (Å²) in [7, 11) is 1.57. The molecule has 0 aliphatic carbocycles. The van der Waals surface area contributed by atoms with Gasteiger partial charge in [-0.25, -0.2) is 5.43 Å². The number of rotatable bonds is 5. The van der Waals surface area contributed by atoms with E-state index in [-0.39, 0.29) is 5.91 Å². The molecule has 0 saturated carbocycles. The largest absolute Gasteiger partial charge is 0.497 e. The Balaban J connectivity index is 2.58. The summed E-state index contributed by atoms with van der Waals surface area (Å²) in [4.78, 5) is 11.6. The molecule has 0 fully saturated rings. The van der Waals surface area contributed by atoms with Crippen molar-refractivity contribution in [3.05, 3.63) is 29.8 Å². The molecule has 0 aliphatic rings. The number of hydrogen-bond donors (Lipinski definition) is 1. The number of unbranched alkanes of at least 4 members (excludes halogenated alkanes) is 1. The van der Waals surface area contributed by atoms with Crippen molar-refractivity contribution >= 4 is 12.1 Å². The zero-order valence-corrected chi connectivity index (χ0v) is 9.56. The molecule has 1 N–H and O–H groups in total. The highest BCUT2D eigenvalue weighted by Gasteiger charge is 2.04. The lowest BCUT2D eigenvalue weighted by Gasteiger charge is -2.02. The van der Waals surface area contributed by atoms with Crippen molar-refractivity contribution in [3.63, 3.8) is 0 Å². The molecule has 86 valence electrons. The van der Waals surface area contributed by atoms with Gasteiger partial charge in [-0.1, -0.05) is 19.4 Å². The van der Waals surface area contributed by atoms with Crippen LogP contribution in [0.5, 0.6) is 5.75 Å².